The van der Waals surface area contributed by atoms with Crippen LogP contribution in [0, 0.1) is 5.92 Å². The molecule has 2 aliphatic heterocycles. The lowest BCUT2D eigenvalue weighted by Crippen LogP contribution is -2.32. The minimum atomic E-state index is -3.53. The molecule has 1 N–H and O–H groups in total. The zero-order valence-corrected chi connectivity index (χ0v) is 19.8. The molecular formula is C25H31N3O4S. The third-order valence-corrected chi connectivity index (χ3v) is 8.40. The number of hydrogen-bond donors (Lipinski definition) is 1. The maximum absolute atomic E-state index is 12.9. The molecule has 2 aromatic rings. The molecule has 33 heavy (non-hydrogen) atoms. The van der Waals surface area contributed by atoms with Crippen molar-refractivity contribution in [3.63, 3.8) is 0 Å². The van der Waals surface area contributed by atoms with Gasteiger partial charge in [0.15, 0.2) is 0 Å². The third-order valence-electron chi connectivity index (χ3n) is 6.48. The van der Waals surface area contributed by atoms with Gasteiger partial charge in [0.2, 0.25) is 21.8 Å². The van der Waals surface area contributed by atoms with Gasteiger partial charge in [0.05, 0.1) is 10.8 Å². The smallest absolute Gasteiger partial charge is 0.243 e. The highest BCUT2D eigenvalue weighted by Crippen LogP contribution is 2.29. The summed E-state index contributed by atoms with van der Waals surface area (Å²) in [6.45, 7) is 3.48. The number of para-hydroxylation sites is 1. The summed E-state index contributed by atoms with van der Waals surface area (Å²) < 4.78 is 27.4. The zero-order valence-electron chi connectivity index (χ0n) is 19.0. The van der Waals surface area contributed by atoms with Crippen LogP contribution in [0.4, 0.5) is 11.4 Å². The molecule has 0 aromatic heterocycles. The lowest BCUT2D eigenvalue weighted by Gasteiger charge is -2.20. The van der Waals surface area contributed by atoms with Gasteiger partial charge in [-0.1, -0.05) is 38.0 Å². The highest BCUT2D eigenvalue weighted by molar-refractivity contribution is 7.89. The lowest BCUT2D eigenvalue weighted by atomic mass is 10.1. The zero-order chi connectivity index (χ0) is 23.4. The van der Waals surface area contributed by atoms with E-state index in [1.807, 2.05) is 31.2 Å². The van der Waals surface area contributed by atoms with Gasteiger partial charge in [0, 0.05) is 37.4 Å². The molecule has 1 unspecified atom stereocenters. The molecule has 2 saturated heterocycles. The summed E-state index contributed by atoms with van der Waals surface area (Å²) in [4.78, 5) is 27.4. The molecule has 2 fully saturated rings. The molecule has 2 amide bonds. The molecular weight excluding hydrogens is 438 g/mol. The average Bonchev–Trinajstić information content (AvgIpc) is 3.01. The van der Waals surface area contributed by atoms with Crippen molar-refractivity contribution in [2.45, 2.75) is 50.3 Å². The molecule has 0 aliphatic carbocycles. The first-order valence-corrected chi connectivity index (χ1v) is 13.1. The lowest BCUT2D eigenvalue weighted by molar-refractivity contribution is -0.122. The molecule has 0 spiro atoms. The second-order valence-corrected chi connectivity index (χ2v) is 10.7. The quantitative estimate of drug-likeness (QED) is 0.697. The van der Waals surface area contributed by atoms with E-state index in [0.717, 1.165) is 43.4 Å². The van der Waals surface area contributed by atoms with Crippen LogP contribution in [0.3, 0.4) is 0 Å². The monoisotopic (exact) mass is 469 g/mol. The minimum absolute atomic E-state index is 0.0602. The number of nitrogens with zero attached hydrogens (tertiary/aromatic N) is 2. The topological polar surface area (TPSA) is 86.8 Å². The van der Waals surface area contributed by atoms with Gasteiger partial charge in [0.1, 0.15) is 0 Å². The number of carbonyl (C=O) groups excluding carboxylic acids is 2. The van der Waals surface area contributed by atoms with Gasteiger partial charge in [-0.2, -0.15) is 4.31 Å². The number of rotatable bonds is 6. The van der Waals surface area contributed by atoms with E-state index in [4.69, 9.17) is 0 Å². The van der Waals surface area contributed by atoms with Crippen molar-refractivity contribution in [3.05, 3.63) is 54.1 Å². The fourth-order valence-corrected chi connectivity index (χ4v) is 6.09. The van der Waals surface area contributed by atoms with Crippen LogP contribution in [-0.4, -0.2) is 44.2 Å². The number of aryl methyl sites for hydroxylation is 1. The number of benzene rings is 2. The van der Waals surface area contributed by atoms with E-state index >= 15 is 0 Å². The Morgan fingerprint density at radius 1 is 1.00 bits per heavy atom. The van der Waals surface area contributed by atoms with E-state index in [2.05, 4.69) is 5.32 Å². The van der Waals surface area contributed by atoms with Crippen LogP contribution in [0.1, 0.15) is 44.6 Å². The predicted octanol–water partition coefficient (Wildman–Crippen LogP) is 3.81. The minimum Gasteiger partial charge on any atom is -0.326 e. The van der Waals surface area contributed by atoms with Crippen LogP contribution < -0.4 is 10.2 Å². The maximum Gasteiger partial charge on any atom is 0.243 e. The summed E-state index contributed by atoms with van der Waals surface area (Å²) in [6, 6.07) is 14.1. The summed E-state index contributed by atoms with van der Waals surface area (Å²) in [6.07, 6.45) is 4.85. The fourth-order valence-electron chi connectivity index (χ4n) is 4.57. The Morgan fingerprint density at radius 3 is 2.33 bits per heavy atom. The van der Waals surface area contributed by atoms with Crippen molar-refractivity contribution in [1.82, 2.24) is 4.31 Å². The Morgan fingerprint density at radius 2 is 1.67 bits per heavy atom. The first-order valence-electron chi connectivity index (χ1n) is 11.7. The first kappa shape index (κ1) is 23.4. The van der Waals surface area contributed by atoms with Crippen molar-refractivity contribution in [2.75, 3.05) is 29.9 Å². The van der Waals surface area contributed by atoms with Gasteiger partial charge in [-0.05, 0) is 55.2 Å². The van der Waals surface area contributed by atoms with E-state index in [9.17, 15) is 18.0 Å². The summed E-state index contributed by atoms with van der Waals surface area (Å²) >= 11 is 0. The van der Waals surface area contributed by atoms with Crippen molar-refractivity contribution < 1.29 is 18.0 Å². The molecule has 7 nitrogen and oxygen atoms in total. The second kappa shape index (κ2) is 10.1. The highest BCUT2D eigenvalue weighted by atomic mass is 32.2. The van der Waals surface area contributed by atoms with Gasteiger partial charge in [-0.25, -0.2) is 8.42 Å². The normalized spacial score (nSPS) is 20.0. The molecule has 0 radical (unpaired) electrons. The van der Waals surface area contributed by atoms with Crippen molar-refractivity contribution in [1.29, 1.82) is 0 Å². The summed E-state index contributed by atoms with van der Waals surface area (Å²) in [5.41, 5.74) is 2.46. The van der Waals surface area contributed by atoms with Crippen molar-refractivity contribution in [3.8, 4) is 0 Å². The predicted molar refractivity (Wildman–Crippen MR) is 129 cm³/mol. The number of sulfonamides is 1. The Kier molecular flexibility index (Phi) is 7.14. The average molecular weight is 470 g/mol. The standard InChI is InChI=1S/C25H31N3O4S/c1-2-19-9-5-6-10-23(19)28-18-20(17-24(28)29)25(30)26-21-11-13-22(14-12-21)33(31,32)27-15-7-3-4-8-16-27/h5-6,9-14,20H,2-4,7-8,15-18H2,1H3,(H,26,30). The van der Waals surface area contributed by atoms with Crippen molar-refractivity contribution >= 4 is 33.2 Å². The van der Waals surface area contributed by atoms with E-state index in [1.54, 1.807) is 33.5 Å². The summed E-state index contributed by atoms with van der Waals surface area (Å²) in [7, 11) is -3.53. The van der Waals surface area contributed by atoms with Crippen LogP contribution >= 0.6 is 0 Å². The van der Waals surface area contributed by atoms with Gasteiger partial charge in [-0.3, -0.25) is 9.59 Å². The molecule has 176 valence electrons. The largest absolute Gasteiger partial charge is 0.326 e. The Bertz CT molecular complexity index is 1110. The van der Waals surface area contributed by atoms with Crippen LogP contribution in [0.15, 0.2) is 53.4 Å². The molecule has 2 heterocycles. The molecule has 1 atom stereocenters. The molecule has 0 saturated carbocycles. The first-order chi connectivity index (χ1) is 15.9. The van der Waals surface area contributed by atoms with E-state index in [-0.39, 0.29) is 23.1 Å². The van der Waals surface area contributed by atoms with Gasteiger partial charge in [0.25, 0.3) is 0 Å². The second-order valence-electron chi connectivity index (χ2n) is 8.72. The SMILES string of the molecule is CCc1ccccc1N1CC(C(=O)Nc2ccc(S(=O)(=O)N3CCCCCC3)cc2)CC1=O. The van der Waals surface area contributed by atoms with Gasteiger partial charge < -0.3 is 10.2 Å². The van der Waals surface area contributed by atoms with Gasteiger partial charge >= 0.3 is 0 Å². The Labute approximate surface area is 195 Å². The van der Waals surface area contributed by atoms with E-state index in [0.29, 0.717) is 25.3 Å². The van der Waals surface area contributed by atoms with E-state index < -0.39 is 15.9 Å². The Hall–Kier alpha value is -2.71. The molecule has 2 aliphatic rings. The molecule has 8 heteroatoms. The summed E-state index contributed by atoms with van der Waals surface area (Å²) in [5.74, 6) is -0.749. The van der Waals surface area contributed by atoms with Gasteiger partial charge in [-0.15, -0.1) is 0 Å². The van der Waals surface area contributed by atoms with Crippen LogP contribution in [-0.2, 0) is 26.0 Å². The number of carbonyl (C=O) groups is 2. The van der Waals surface area contributed by atoms with Crippen molar-refractivity contribution in [2.24, 2.45) is 5.92 Å². The number of nitrogens with one attached hydrogen (secondary N) is 1. The number of amides is 2. The highest BCUT2D eigenvalue weighted by Gasteiger charge is 2.36. The summed E-state index contributed by atoms with van der Waals surface area (Å²) in [5, 5.41) is 2.85. The van der Waals surface area contributed by atoms with E-state index in [1.165, 1.54) is 0 Å². The Balaban J connectivity index is 1.41. The molecule has 4 rings (SSSR count). The maximum atomic E-state index is 12.9. The molecule has 2 aromatic carbocycles. The van der Waals surface area contributed by atoms with Crippen LogP contribution in [0.25, 0.3) is 0 Å². The number of hydrogen-bond acceptors (Lipinski definition) is 4. The van der Waals surface area contributed by atoms with Crippen LogP contribution in [0.2, 0.25) is 0 Å². The number of anilines is 2. The fraction of sp³-hybridized carbons (Fsp3) is 0.440. The molecule has 0 bridgehead atoms. The van der Waals surface area contributed by atoms with Crippen LogP contribution in [0.5, 0.6) is 0 Å². The third kappa shape index (κ3) is 5.12.